The van der Waals surface area contributed by atoms with Gasteiger partial charge in [-0.3, -0.25) is 4.79 Å². The predicted molar refractivity (Wildman–Crippen MR) is 57.6 cm³/mol. The Kier molecular flexibility index (Phi) is 2.62. The summed E-state index contributed by atoms with van der Waals surface area (Å²) in [6, 6.07) is 3.97. The maximum Gasteiger partial charge on any atom is 0.320 e. The van der Waals surface area contributed by atoms with Crippen LogP contribution in [0.3, 0.4) is 0 Å². The van der Waals surface area contributed by atoms with Crippen LogP contribution in [-0.4, -0.2) is 22.1 Å². The van der Waals surface area contributed by atoms with E-state index in [9.17, 15) is 9.18 Å². The number of carboxylic acid groups (broad SMARTS) is 1. The summed E-state index contributed by atoms with van der Waals surface area (Å²) in [5, 5.41) is 9.41. The van der Waals surface area contributed by atoms with Crippen molar-refractivity contribution >= 4 is 16.9 Å². The lowest BCUT2D eigenvalue weighted by molar-refractivity contribution is -0.138. The van der Waals surface area contributed by atoms with Gasteiger partial charge in [0.2, 0.25) is 0 Å². The summed E-state index contributed by atoms with van der Waals surface area (Å²) in [5.74, 6) is -1.56. The van der Waals surface area contributed by atoms with Crippen LogP contribution in [0.2, 0.25) is 0 Å². The molecular formula is C11H11FN2O2. The van der Waals surface area contributed by atoms with Crippen LogP contribution in [0.1, 0.15) is 5.56 Å². The van der Waals surface area contributed by atoms with Gasteiger partial charge >= 0.3 is 5.97 Å². The number of hydrogen-bond acceptors (Lipinski definition) is 2. The lowest BCUT2D eigenvalue weighted by Gasteiger charge is -2.07. The Labute approximate surface area is 90.9 Å². The molecule has 0 amide bonds. The number of nitrogens with one attached hydrogen (secondary N) is 1. The molecule has 1 aromatic carbocycles. The number of aromatic amines is 1. The van der Waals surface area contributed by atoms with Crippen molar-refractivity contribution in [3.63, 3.8) is 0 Å². The fourth-order valence-corrected chi connectivity index (χ4v) is 1.62. The SMILES string of the molecule is NC(Cc1ccc2cc[nH]c2c1F)C(=O)O. The number of carboxylic acids is 1. The van der Waals surface area contributed by atoms with Crippen LogP contribution in [0, 0.1) is 5.82 Å². The predicted octanol–water partition coefficient (Wildman–Crippen LogP) is 1.26. The number of nitrogens with two attached hydrogens (primary N) is 1. The molecule has 1 atom stereocenters. The van der Waals surface area contributed by atoms with Gasteiger partial charge in [0, 0.05) is 18.0 Å². The summed E-state index contributed by atoms with van der Waals surface area (Å²) >= 11 is 0. The zero-order valence-corrected chi connectivity index (χ0v) is 8.40. The van der Waals surface area contributed by atoms with E-state index < -0.39 is 17.8 Å². The Bertz CT molecular complexity index is 536. The molecule has 1 heterocycles. The van der Waals surface area contributed by atoms with E-state index >= 15 is 0 Å². The second-order valence-electron chi connectivity index (χ2n) is 3.63. The molecule has 0 aliphatic heterocycles. The summed E-state index contributed by atoms with van der Waals surface area (Å²) in [5.41, 5.74) is 6.05. The number of H-pyrrole nitrogens is 1. The highest BCUT2D eigenvalue weighted by Crippen LogP contribution is 2.20. The van der Waals surface area contributed by atoms with Crippen molar-refractivity contribution in [3.8, 4) is 0 Å². The first-order chi connectivity index (χ1) is 7.59. The first kappa shape index (κ1) is 10.6. The highest BCUT2D eigenvalue weighted by atomic mass is 19.1. The van der Waals surface area contributed by atoms with Crippen molar-refractivity contribution in [3.05, 3.63) is 35.8 Å². The van der Waals surface area contributed by atoms with Gasteiger partial charge in [-0.1, -0.05) is 12.1 Å². The minimum Gasteiger partial charge on any atom is -0.480 e. The smallest absolute Gasteiger partial charge is 0.320 e. The van der Waals surface area contributed by atoms with E-state index in [4.69, 9.17) is 10.8 Å². The number of aromatic nitrogens is 1. The first-order valence-electron chi connectivity index (χ1n) is 4.82. The standard InChI is InChI=1S/C11H11FN2O2/c12-9-7(5-8(13)11(15)16)2-1-6-3-4-14-10(6)9/h1-4,8,14H,5,13H2,(H,15,16). The molecule has 84 valence electrons. The maximum absolute atomic E-state index is 13.8. The normalized spacial score (nSPS) is 12.9. The average molecular weight is 222 g/mol. The average Bonchev–Trinajstić information content (AvgIpc) is 2.70. The van der Waals surface area contributed by atoms with Crippen LogP contribution in [0.15, 0.2) is 24.4 Å². The molecule has 16 heavy (non-hydrogen) atoms. The molecule has 0 bridgehead atoms. The van der Waals surface area contributed by atoms with Gasteiger partial charge in [-0.25, -0.2) is 4.39 Å². The molecule has 0 radical (unpaired) electrons. The zero-order chi connectivity index (χ0) is 11.7. The molecular weight excluding hydrogens is 211 g/mol. The molecule has 0 fully saturated rings. The molecule has 2 aromatic rings. The topological polar surface area (TPSA) is 79.1 Å². The molecule has 5 heteroatoms. The molecule has 4 N–H and O–H groups in total. The first-order valence-corrected chi connectivity index (χ1v) is 4.82. The zero-order valence-electron chi connectivity index (χ0n) is 8.40. The molecule has 0 spiro atoms. The van der Waals surface area contributed by atoms with Crippen molar-refractivity contribution in [2.45, 2.75) is 12.5 Å². The maximum atomic E-state index is 13.8. The third-order valence-corrected chi connectivity index (χ3v) is 2.50. The molecule has 1 unspecified atom stereocenters. The van der Waals surface area contributed by atoms with Crippen molar-refractivity contribution in [2.24, 2.45) is 5.73 Å². The van der Waals surface area contributed by atoms with E-state index in [1.165, 1.54) is 0 Å². The van der Waals surface area contributed by atoms with E-state index in [0.717, 1.165) is 5.39 Å². The van der Waals surface area contributed by atoms with Gasteiger partial charge in [-0.15, -0.1) is 0 Å². The second kappa shape index (κ2) is 3.94. The molecule has 4 nitrogen and oxygen atoms in total. The molecule has 0 aliphatic rings. The number of benzene rings is 1. The molecule has 2 rings (SSSR count). The van der Waals surface area contributed by atoms with Crippen molar-refractivity contribution in [2.75, 3.05) is 0 Å². The summed E-state index contributed by atoms with van der Waals surface area (Å²) in [6.45, 7) is 0. The highest BCUT2D eigenvalue weighted by Gasteiger charge is 2.16. The molecule has 1 aromatic heterocycles. The van der Waals surface area contributed by atoms with Crippen LogP contribution in [0.5, 0.6) is 0 Å². The minimum atomic E-state index is -1.13. The number of halogens is 1. The monoisotopic (exact) mass is 222 g/mol. The highest BCUT2D eigenvalue weighted by molar-refractivity contribution is 5.81. The van der Waals surface area contributed by atoms with Crippen molar-refractivity contribution < 1.29 is 14.3 Å². The number of carbonyl (C=O) groups is 1. The Hall–Kier alpha value is -1.88. The van der Waals surface area contributed by atoms with Crippen LogP contribution < -0.4 is 5.73 Å². The molecule has 0 aliphatic carbocycles. The van der Waals surface area contributed by atoms with Gasteiger partial charge in [0.15, 0.2) is 0 Å². The second-order valence-corrected chi connectivity index (χ2v) is 3.63. The lowest BCUT2D eigenvalue weighted by Crippen LogP contribution is -2.32. The van der Waals surface area contributed by atoms with Crippen molar-refractivity contribution in [1.29, 1.82) is 0 Å². The fourth-order valence-electron chi connectivity index (χ4n) is 1.62. The van der Waals surface area contributed by atoms with Gasteiger partial charge in [0.05, 0.1) is 5.52 Å². The Morgan fingerprint density at radius 2 is 2.25 bits per heavy atom. The van der Waals surface area contributed by atoms with E-state index in [-0.39, 0.29) is 6.42 Å². The minimum absolute atomic E-state index is 0.0177. The van der Waals surface area contributed by atoms with Crippen LogP contribution >= 0.6 is 0 Å². The summed E-state index contributed by atoms with van der Waals surface area (Å²) in [7, 11) is 0. The summed E-state index contributed by atoms with van der Waals surface area (Å²) < 4.78 is 13.8. The summed E-state index contributed by atoms with van der Waals surface area (Å²) in [6.07, 6.45) is 1.62. The quantitative estimate of drug-likeness (QED) is 0.731. The van der Waals surface area contributed by atoms with E-state index in [2.05, 4.69) is 4.98 Å². The van der Waals surface area contributed by atoms with Crippen LogP contribution in [0.25, 0.3) is 10.9 Å². The number of rotatable bonds is 3. The van der Waals surface area contributed by atoms with Gasteiger partial charge in [0.25, 0.3) is 0 Å². The van der Waals surface area contributed by atoms with Gasteiger partial charge < -0.3 is 15.8 Å². The van der Waals surface area contributed by atoms with Crippen LogP contribution in [0.4, 0.5) is 4.39 Å². The number of fused-ring (bicyclic) bond motifs is 1. The number of hydrogen-bond donors (Lipinski definition) is 3. The summed E-state index contributed by atoms with van der Waals surface area (Å²) in [4.78, 5) is 13.3. The third-order valence-electron chi connectivity index (χ3n) is 2.50. The fraction of sp³-hybridized carbons (Fsp3) is 0.182. The molecule has 0 saturated heterocycles. The van der Waals surface area contributed by atoms with Gasteiger partial charge in [-0.05, 0) is 11.6 Å². The van der Waals surface area contributed by atoms with Crippen molar-refractivity contribution in [1.82, 2.24) is 4.98 Å². The van der Waals surface area contributed by atoms with E-state index in [1.54, 1.807) is 24.4 Å². The van der Waals surface area contributed by atoms with E-state index in [1.807, 2.05) is 0 Å². The van der Waals surface area contributed by atoms with Gasteiger partial charge in [0.1, 0.15) is 11.9 Å². The largest absolute Gasteiger partial charge is 0.480 e. The Morgan fingerprint density at radius 1 is 1.50 bits per heavy atom. The lowest BCUT2D eigenvalue weighted by atomic mass is 10.0. The van der Waals surface area contributed by atoms with Crippen LogP contribution in [-0.2, 0) is 11.2 Å². The number of aliphatic carboxylic acids is 1. The Morgan fingerprint density at radius 3 is 2.94 bits per heavy atom. The Balaban J connectivity index is 2.37. The van der Waals surface area contributed by atoms with Gasteiger partial charge in [-0.2, -0.15) is 0 Å². The van der Waals surface area contributed by atoms with E-state index in [0.29, 0.717) is 11.1 Å². The molecule has 0 saturated carbocycles. The third kappa shape index (κ3) is 1.77.